The Hall–Kier alpha value is -1.10. The third-order valence-corrected chi connectivity index (χ3v) is 3.92. The summed E-state index contributed by atoms with van der Waals surface area (Å²) < 4.78 is 0. The van der Waals surface area contributed by atoms with E-state index < -0.39 is 0 Å². The summed E-state index contributed by atoms with van der Waals surface area (Å²) in [5, 5.41) is 12.9. The number of aliphatic hydroxyl groups excluding tert-OH is 1. The molecule has 0 aliphatic carbocycles. The van der Waals surface area contributed by atoms with E-state index in [9.17, 15) is 9.90 Å². The lowest BCUT2D eigenvalue weighted by atomic mass is 10.1. The van der Waals surface area contributed by atoms with Crippen molar-refractivity contribution >= 4 is 23.2 Å². The quantitative estimate of drug-likeness (QED) is 0.900. The van der Waals surface area contributed by atoms with Crippen molar-refractivity contribution in [2.45, 2.75) is 32.8 Å². The maximum Gasteiger partial charge on any atom is 0.238 e. The van der Waals surface area contributed by atoms with Gasteiger partial charge in [-0.15, -0.1) is 0 Å². The van der Waals surface area contributed by atoms with Crippen molar-refractivity contribution in [3.63, 3.8) is 0 Å². The van der Waals surface area contributed by atoms with Gasteiger partial charge in [-0.1, -0.05) is 17.7 Å². The lowest BCUT2D eigenvalue weighted by Crippen LogP contribution is -2.40. The molecule has 2 rings (SSSR count). The number of nitrogens with one attached hydrogen (secondary N) is 1. The molecular formula is C15H21ClN2O2. The van der Waals surface area contributed by atoms with Gasteiger partial charge >= 0.3 is 0 Å². The Kier molecular flexibility index (Phi) is 5.02. The number of rotatable bonds is 3. The van der Waals surface area contributed by atoms with Crippen molar-refractivity contribution < 1.29 is 9.90 Å². The molecule has 20 heavy (non-hydrogen) atoms. The van der Waals surface area contributed by atoms with Gasteiger partial charge in [0.05, 0.1) is 23.4 Å². The topological polar surface area (TPSA) is 52.6 Å². The van der Waals surface area contributed by atoms with Crippen molar-refractivity contribution in [1.82, 2.24) is 4.90 Å². The summed E-state index contributed by atoms with van der Waals surface area (Å²) in [6, 6.07) is 3.85. The van der Waals surface area contributed by atoms with Crippen molar-refractivity contribution in [2.24, 2.45) is 0 Å². The number of nitrogens with zero attached hydrogens (tertiary/aromatic N) is 1. The summed E-state index contributed by atoms with van der Waals surface area (Å²) in [4.78, 5) is 14.1. The number of piperidine rings is 1. The van der Waals surface area contributed by atoms with Crippen LogP contribution in [0, 0.1) is 13.8 Å². The highest BCUT2D eigenvalue weighted by Gasteiger charge is 2.19. The summed E-state index contributed by atoms with van der Waals surface area (Å²) in [5.41, 5.74) is 2.74. The molecular weight excluding hydrogens is 276 g/mol. The SMILES string of the molecule is Cc1cc(C)c(NC(=O)CN2CCC(O)CC2)c(Cl)c1. The molecule has 0 unspecified atom stereocenters. The number of likely N-dealkylation sites (tertiary alicyclic amines) is 1. The normalized spacial score (nSPS) is 17.2. The summed E-state index contributed by atoms with van der Waals surface area (Å²) in [5.74, 6) is -0.0600. The molecule has 0 saturated carbocycles. The highest BCUT2D eigenvalue weighted by molar-refractivity contribution is 6.34. The zero-order valence-electron chi connectivity index (χ0n) is 11.9. The Balaban J connectivity index is 1.95. The molecule has 110 valence electrons. The number of benzene rings is 1. The minimum Gasteiger partial charge on any atom is -0.393 e. The van der Waals surface area contributed by atoms with Gasteiger partial charge in [0.15, 0.2) is 0 Å². The molecule has 0 bridgehead atoms. The molecule has 1 aromatic carbocycles. The van der Waals surface area contributed by atoms with Gasteiger partial charge in [-0.3, -0.25) is 9.69 Å². The Labute approximate surface area is 124 Å². The summed E-state index contributed by atoms with van der Waals surface area (Å²) in [7, 11) is 0. The van der Waals surface area contributed by atoms with Crippen LogP contribution in [-0.4, -0.2) is 41.7 Å². The number of carbonyl (C=O) groups excluding carboxylic acids is 1. The summed E-state index contributed by atoms with van der Waals surface area (Å²) in [6.07, 6.45) is 1.25. The molecule has 1 amide bonds. The van der Waals surface area contributed by atoms with Gasteiger partial charge in [0, 0.05) is 13.1 Å². The second-order valence-corrected chi connectivity index (χ2v) is 5.90. The lowest BCUT2D eigenvalue weighted by Gasteiger charge is -2.28. The molecule has 1 heterocycles. The van der Waals surface area contributed by atoms with E-state index >= 15 is 0 Å². The van der Waals surface area contributed by atoms with Gasteiger partial charge in [0.2, 0.25) is 5.91 Å². The van der Waals surface area contributed by atoms with Crippen molar-refractivity contribution in [3.8, 4) is 0 Å². The minimum absolute atomic E-state index is 0.0600. The van der Waals surface area contributed by atoms with Crippen LogP contribution < -0.4 is 5.32 Å². The van der Waals surface area contributed by atoms with Gasteiger partial charge in [-0.2, -0.15) is 0 Å². The number of halogens is 1. The zero-order chi connectivity index (χ0) is 14.7. The van der Waals surface area contributed by atoms with Gasteiger partial charge in [0.25, 0.3) is 0 Å². The number of anilines is 1. The Morgan fingerprint density at radius 1 is 1.40 bits per heavy atom. The molecule has 1 aliphatic rings. The molecule has 0 aromatic heterocycles. The third kappa shape index (κ3) is 3.95. The van der Waals surface area contributed by atoms with Crippen molar-refractivity contribution in [2.75, 3.05) is 25.0 Å². The second-order valence-electron chi connectivity index (χ2n) is 5.49. The molecule has 1 fully saturated rings. The van der Waals surface area contributed by atoms with E-state index in [1.54, 1.807) is 0 Å². The number of aliphatic hydroxyl groups is 1. The van der Waals surface area contributed by atoms with Crippen LogP contribution in [0.2, 0.25) is 5.02 Å². The van der Waals surface area contributed by atoms with Crippen molar-refractivity contribution in [3.05, 3.63) is 28.3 Å². The average molecular weight is 297 g/mol. The molecule has 0 spiro atoms. The maximum absolute atomic E-state index is 12.1. The van der Waals surface area contributed by atoms with Gasteiger partial charge in [-0.25, -0.2) is 0 Å². The van der Waals surface area contributed by atoms with E-state index in [1.165, 1.54) is 0 Å². The van der Waals surface area contributed by atoms with Gasteiger partial charge in [-0.05, 0) is 43.9 Å². The van der Waals surface area contributed by atoms with E-state index in [-0.39, 0.29) is 12.0 Å². The molecule has 1 saturated heterocycles. The average Bonchev–Trinajstić information content (AvgIpc) is 2.36. The zero-order valence-corrected chi connectivity index (χ0v) is 12.7. The van der Waals surface area contributed by atoms with Crippen LogP contribution in [0.4, 0.5) is 5.69 Å². The van der Waals surface area contributed by atoms with Crippen LogP contribution in [0.25, 0.3) is 0 Å². The fourth-order valence-electron chi connectivity index (χ4n) is 2.53. The third-order valence-electron chi connectivity index (χ3n) is 3.62. The molecule has 4 nitrogen and oxygen atoms in total. The predicted octanol–water partition coefficient (Wildman–Crippen LogP) is 2.35. The number of hydrogen-bond donors (Lipinski definition) is 2. The van der Waals surface area contributed by atoms with E-state index in [0.717, 1.165) is 37.1 Å². The highest BCUT2D eigenvalue weighted by atomic mass is 35.5. The van der Waals surface area contributed by atoms with E-state index in [2.05, 4.69) is 10.2 Å². The van der Waals surface area contributed by atoms with E-state index in [0.29, 0.717) is 17.3 Å². The van der Waals surface area contributed by atoms with Crippen LogP contribution in [0.15, 0.2) is 12.1 Å². The van der Waals surface area contributed by atoms with Gasteiger partial charge in [0.1, 0.15) is 0 Å². The largest absolute Gasteiger partial charge is 0.393 e. The van der Waals surface area contributed by atoms with Crippen LogP contribution >= 0.6 is 11.6 Å². The molecule has 0 atom stereocenters. The minimum atomic E-state index is -0.219. The first-order valence-electron chi connectivity index (χ1n) is 6.92. The summed E-state index contributed by atoms with van der Waals surface area (Å²) >= 11 is 6.18. The van der Waals surface area contributed by atoms with Crippen LogP contribution in [0.5, 0.6) is 0 Å². The summed E-state index contributed by atoms with van der Waals surface area (Å²) in [6.45, 7) is 5.77. The van der Waals surface area contributed by atoms with Crippen LogP contribution in [-0.2, 0) is 4.79 Å². The first-order chi connectivity index (χ1) is 9.45. The smallest absolute Gasteiger partial charge is 0.238 e. The van der Waals surface area contributed by atoms with Gasteiger partial charge < -0.3 is 10.4 Å². The Morgan fingerprint density at radius 2 is 2.05 bits per heavy atom. The monoisotopic (exact) mass is 296 g/mol. The standard InChI is InChI=1S/C15H21ClN2O2/c1-10-7-11(2)15(13(16)8-10)17-14(20)9-18-5-3-12(19)4-6-18/h7-8,12,19H,3-6,9H2,1-2H3,(H,17,20). The Bertz CT molecular complexity index is 474. The van der Waals surface area contributed by atoms with E-state index in [1.807, 2.05) is 26.0 Å². The number of carbonyl (C=O) groups is 1. The number of aryl methyl sites for hydroxylation is 2. The molecule has 2 N–H and O–H groups in total. The first kappa shape index (κ1) is 15.3. The second kappa shape index (κ2) is 6.57. The molecule has 1 aliphatic heterocycles. The highest BCUT2D eigenvalue weighted by Crippen LogP contribution is 2.27. The van der Waals surface area contributed by atoms with E-state index in [4.69, 9.17) is 11.6 Å². The van der Waals surface area contributed by atoms with Crippen LogP contribution in [0.1, 0.15) is 24.0 Å². The van der Waals surface area contributed by atoms with Crippen molar-refractivity contribution in [1.29, 1.82) is 0 Å². The molecule has 1 aromatic rings. The Morgan fingerprint density at radius 3 is 2.65 bits per heavy atom. The number of amides is 1. The molecule has 5 heteroatoms. The van der Waals surface area contributed by atoms with Crippen LogP contribution in [0.3, 0.4) is 0 Å². The molecule has 0 radical (unpaired) electrons. The fraction of sp³-hybridized carbons (Fsp3) is 0.533. The number of hydrogen-bond acceptors (Lipinski definition) is 3. The predicted molar refractivity (Wildman–Crippen MR) is 81.2 cm³/mol. The lowest BCUT2D eigenvalue weighted by molar-refractivity contribution is -0.117. The fourth-order valence-corrected chi connectivity index (χ4v) is 2.90. The maximum atomic E-state index is 12.1. The first-order valence-corrected chi connectivity index (χ1v) is 7.30.